The largest absolute Gasteiger partial charge is 0.407 e. The minimum Gasteiger partial charge on any atom is -0.407 e. The van der Waals surface area contributed by atoms with Crippen molar-refractivity contribution in [2.75, 3.05) is 0 Å². The summed E-state index contributed by atoms with van der Waals surface area (Å²) in [6.45, 7) is 12.3. The maximum Gasteiger partial charge on any atom is 0.140 e. The molecule has 0 aliphatic rings. The van der Waals surface area contributed by atoms with Gasteiger partial charge in [0, 0.05) is 108 Å². The van der Waals surface area contributed by atoms with E-state index in [-0.39, 0.29) is 36.8 Å². The first-order valence-electron chi connectivity index (χ1n) is 15.0. The van der Waals surface area contributed by atoms with E-state index in [9.17, 15) is 0 Å². The van der Waals surface area contributed by atoms with Gasteiger partial charge >= 0.3 is 0 Å². The van der Waals surface area contributed by atoms with Crippen LogP contribution in [0.1, 0.15) is 88.3 Å². The molecule has 0 radical (unpaired) electrons. The van der Waals surface area contributed by atoms with Gasteiger partial charge in [-0.3, -0.25) is 0 Å². The number of rotatable bonds is 4. The summed E-state index contributed by atoms with van der Waals surface area (Å²) in [4.78, 5) is 0. The van der Waals surface area contributed by atoms with Crippen LogP contribution in [-0.4, -0.2) is 0 Å². The summed E-state index contributed by atoms with van der Waals surface area (Å²) in [5, 5.41) is 0. The van der Waals surface area contributed by atoms with Crippen LogP contribution in [0.4, 0.5) is 0 Å². The lowest BCUT2D eigenvalue weighted by Crippen LogP contribution is -2.25. The average Bonchev–Trinajstić information content (AvgIpc) is 3.14. The number of hydrogen-bond donors (Lipinski definition) is 0. The number of aryl methyl sites for hydroxylation is 1. The Morgan fingerprint density at radius 1 is 0.479 bits per heavy atom. The van der Waals surface area contributed by atoms with Gasteiger partial charge in [-0.15, -0.1) is 6.42 Å². The number of ether oxygens (including phenoxy) is 1. The Labute approximate surface area is 321 Å². The van der Waals surface area contributed by atoms with Crippen molar-refractivity contribution in [3.63, 3.8) is 0 Å². The summed E-state index contributed by atoms with van der Waals surface area (Å²) in [6.07, 6.45) is 7.60. The van der Waals surface area contributed by atoms with Crippen LogP contribution in [0, 0.1) is 138 Å². The summed E-state index contributed by atoms with van der Waals surface area (Å²) in [5.74, 6) is 50.9. The molecule has 0 amide bonds. The normalized spacial score (nSPS) is 7.35. The molecule has 1 nitrogen and oxygen atoms in total. The second-order valence-electron chi connectivity index (χ2n) is 8.62. The zero-order valence-corrected chi connectivity index (χ0v) is 28.0. The highest BCUT2D eigenvalue weighted by Crippen LogP contribution is 2.40. The van der Waals surface area contributed by atoms with Crippen LogP contribution >= 0.6 is 0 Å². The Balaban J connectivity index is -0.0000000432. The fraction of sp³-hybridized carbons (Fsp3) is 0.149. The molecule has 3 aromatic carbocycles. The van der Waals surface area contributed by atoms with Crippen molar-refractivity contribution in [3.05, 3.63) is 101 Å². The highest BCUT2D eigenvalue weighted by atomic mass is 16.5. The molecule has 0 heterocycles. The van der Waals surface area contributed by atoms with E-state index in [1.54, 1.807) is 0 Å². The van der Waals surface area contributed by atoms with Gasteiger partial charge < -0.3 is 4.74 Å². The maximum absolute atomic E-state index is 5.73. The van der Waals surface area contributed by atoms with Crippen LogP contribution in [0.5, 0.6) is 5.75 Å². The molecular weight excluding hydrogens is 581 g/mol. The Bertz CT molecular complexity index is 2240. The maximum atomic E-state index is 5.73. The minimum atomic E-state index is -0.383. The third kappa shape index (κ3) is 14.4. The van der Waals surface area contributed by atoms with Crippen LogP contribution in [0.2, 0.25) is 0 Å². The van der Waals surface area contributed by atoms with E-state index < -0.39 is 0 Å². The standard InChI is InChI=1S/C43H20O.2C2H6.22H2/c1-4-5-6-7-8-9-10-11-12-13-14-15-16-17-18-19-20-21-22-29-34-44-42-36-38(2)35-41(37-42)43(3,39-30-25-23-26-31-39)40-32-27-24-28-33-40;2*1-2;;;;;;;;;;;;;;;;;;;;;;/h1,23-28,30-33,35-37H,2-3H3;2*1-2H3;22*1H. The fourth-order valence-electron chi connectivity index (χ4n) is 3.82. The number of benzene rings is 3. The molecule has 0 aliphatic carbocycles. The average molecular weight is 657 g/mol. The first kappa shape index (κ1) is 38.6. The molecule has 0 bridgehead atoms. The highest BCUT2D eigenvalue weighted by Gasteiger charge is 2.31. The second kappa shape index (κ2) is 25.0. The molecule has 48 heavy (non-hydrogen) atoms. The van der Waals surface area contributed by atoms with Gasteiger partial charge in [-0.05, 0) is 95.6 Å². The lowest BCUT2D eigenvalue weighted by molar-refractivity contribution is 0.516. The molecule has 0 unspecified atom stereocenters. The Morgan fingerprint density at radius 2 is 0.833 bits per heavy atom. The van der Waals surface area contributed by atoms with Crippen molar-refractivity contribution in [1.82, 2.24) is 0 Å². The monoisotopic (exact) mass is 657 g/mol. The number of hydrogen-bond acceptors (Lipinski definition) is 1. The molecule has 0 spiro atoms. The summed E-state index contributed by atoms with van der Waals surface area (Å²) in [7, 11) is 0. The Morgan fingerprint density at radius 3 is 1.21 bits per heavy atom. The van der Waals surface area contributed by atoms with Gasteiger partial charge in [-0.1, -0.05) is 94.4 Å². The van der Waals surface area contributed by atoms with E-state index in [1.807, 2.05) is 58.9 Å². The third-order valence-corrected chi connectivity index (χ3v) is 5.75. The van der Waals surface area contributed by atoms with Crippen molar-refractivity contribution in [3.8, 4) is 137 Å². The van der Waals surface area contributed by atoms with Crippen molar-refractivity contribution >= 4 is 0 Å². The smallest absolute Gasteiger partial charge is 0.140 e. The molecule has 1 heteroatoms. The van der Waals surface area contributed by atoms with Gasteiger partial charge in [0.1, 0.15) is 11.9 Å². The summed E-state index contributed by atoms with van der Waals surface area (Å²) >= 11 is 0. The Kier molecular flexibility index (Phi) is 20.1. The lowest BCUT2D eigenvalue weighted by atomic mass is 9.71. The molecule has 0 atom stereocenters. The highest BCUT2D eigenvalue weighted by molar-refractivity contribution is 5.53. The molecular formula is C47H76O. The first-order valence-corrected chi connectivity index (χ1v) is 15.0. The van der Waals surface area contributed by atoms with Gasteiger partial charge in [-0.25, -0.2) is 0 Å². The molecule has 0 N–H and O–H groups in total. The summed E-state index contributed by atoms with van der Waals surface area (Å²) in [6, 6.07) is 27.0. The van der Waals surface area contributed by atoms with E-state index >= 15 is 0 Å². The van der Waals surface area contributed by atoms with E-state index in [1.165, 1.54) is 11.1 Å². The zero-order chi connectivity index (χ0) is 35.1. The van der Waals surface area contributed by atoms with E-state index in [0.717, 1.165) is 11.1 Å². The fourth-order valence-corrected chi connectivity index (χ4v) is 3.82. The van der Waals surface area contributed by atoms with Crippen LogP contribution < -0.4 is 4.74 Å². The SMILES string of the molecule is C#CC#CC#CC#CC#CC#CC#CC#CC#CC#CC#COc1cc(C)cc(C(C)(c2ccccc2)c2ccccc2)c1.CC.CC.[HH].[HH].[HH].[HH].[HH].[HH].[HH].[HH].[HH].[HH].[HH].[HH].[HH].[HH].[HH].[HH].[HH].[HH].[HH].[HH].[HH].[HH]. The van der Waals surface area contributed by atoms with Crippen LogP contribution in [0.15, 0.2) is 78.9 Å². The molecule has 0 saturated carbocycles. The quantitative estimate of drug-likeness (QED) is 0.201. The van der Waals surface area contributed by atoms with Gasteiger partial charge in [0.05, 0.1) is 0 Å². The Hall–Kier alpha value is -7.38. The van der Waals surface area contributed by atoms with E-state index in [0.29, 0.717) is 5.75 Å². The molecule has 3 rings (SSSR count). The van der Waals surface area contributed by atoms with Crippen molar-refractivity contribution in [2.24, 2.45) is 0 Å². The minimum absolute atomic E-state index is 0. The van der Waals surface area contributed by atoms with Gasteiger partial charge in [0.15, 0.2) is 0 Å². The topological polar surface area (TPSA) is 9.23 Å². The zero-order valence-electron chi connectivity index (χ0n) is 28.0. The van der Waals surface area contributed by atoms with E-state index in [2.05, 4.69) is 186 Å². The van der Waals surface area contributed by atoms with Gasteiger partial charge in [0.2, 0.25) is 0 Å². The molecule has 0 aromatic heterocycles. The molecule has 0 fully saturated rings. The molecule has 3 aromatic rings. The van der Waals surface area contributed by atoms with Crippen LogP contribution in [0.25, 0.3) is 0 Å². The molecule has 0 aliphatic heterocycles. The van der Waals surface area contributed by atoms with Crippen molar-refractivity contribution in [2.45, 2.75) is 47.0 Å². The number of terminal acetylenes is 1. The van der Waals surface area contributed by atoms with Crippen LogP contribution in [-0.2, 0) is 5.41 Å². The third-order valence-electron chi connectivity index (χ3n) is 5.75. The lowest BCUT2D eigenvalue weighted by Gasteiger charge is -2.32. The molecule has 0 saturated heterocycles. The van der Waals surface area contributed by atoms with Crippen LogP contribution in [0.3, 0.4) is 0 Å². The van der Waals surface area contributed by atoms with Crippen molar-refractivity contribution in [1.29, 1.82) is 0 Å². The predicted octanol–water partition coefficient (Wildman–Crippen LogP) is 12.8. The van der Waals surface area contributed by atoms with Gasteiger partial charge in [0.25, 0.3) is 0 Å². The van der Waals surface area contributed by atoms with E-state index in [4.69, 9.17) is 11.2 Å². The first-order chi connectivity index (χ1) is 23.6. The summed E-state index contributed by atoms with van der Waals surface area (Å²) in [5.41, 5.74) is 4.15. The van der Waals surface area contributed by atoms with Crippen molar-refractivity contribution < 1.29 is 36.1 Å². The predicted molar refractivity (Wildman–Crippen MR) is 246 cm³/mol. The molecule has 270 valence electrons. The van der Waals surface area contributed by atoms with Gasteiger partial charge in [-0.2, -0.15) is 0 Å². The summed E-state index contributed by atoms with van der Waals surface area (Å²) < 4.78 is 5.73. The second-order valence-corrected chi connectivity index (χ2v) is 8.62.